The first-order valence-electron chi connectivity index (χ1n) is 16.6. The summed E-state index contributed by atoms with van der Waals surface area (Å²) in [5.41, 5.74) is 2.73. The van der Waals surface area contributed by atoms with Crippen LogP contribution in [0.15, 0.2) is 89.7 Å². The number of fused-ring (bicyclic) bond motifs is 4. The van der Waals surface area contributed by atoms with Gasteiger partial charge in [0.15, 0.2) is 11.5 Å². The maximum absolute atomic E-state index is 14.1. The minimum Gasteiger partial charge on any atom is -0.496 e. The molecular weight excluding hydrogens is 638 g/mol. The van der Waals surface area contributed by atoms with Gasteiger partial charge in [-0.1, -0.05) is 47.6 Å². The van der Waals surface area contributed by atoms with Gasteiger partial charge >= 0.3 is 0 Å². The van der Waals surface area contributed by atoms with E-state index >= 15 is 0 Å². The lowest BCUT2D eigenvalue weighted by molar-refractivity contribution is 0.0687. The van der Waals surface area contributed by atoms with E-state index in [9.17, 15) is 9.59 Å². The molecule has 0 aliphatic carbocycles. The summed E-state index contributed by atoms with van der Waals surface area (Å²) in [5, 5.41) is 4.17. The van der Waals surface area contributed by atoms with Gasteiger partial charge in [0.2, 0.25) is 5.76 Å². The number of carbonyl (C=O) groups is 2. The molecule has 6 rings (SSSR count). The number of hydrogen-bond donors (Lipinski definition) is 0. The van der Waals surface area contributed by atoms with Crippen molar-refractivity contribution >= 4 is 11.8 Å². The Balaban J connectivity index is 1.26. The van der Waals surface area contributed by atoms with Crippen LogP contribution in [-0.2, 0) is 6.54 Å². The van der Waals surface area contributed by atoms with Crippen LogP contribution in [0.2, 0.25) is 0 Å². The molecule has 0 fully saturated rings. The second-order valence-corrected chi connectivity index (χ2v) is 11.8. The lowest BCUT2D eigenvalue weighted by atomic mass is 10.1. The normalized spacial score (nSPS) is 14.2. The molecule has 3 aromatic carbocycles. The van der Waals surface area contributed by atoms with Gasteiger partial charge in [0.1, 0.15) is 23.0 Å². The molecule has 1 aliphatic rings. The fourth-order valence-electron chi connectivity index (χ4n) is 6.03. The third-order valence-corrected chi connectivity index (χ3v) is 8.67. The number of nitrogens with zero attached hydrogens (tertiary/aromatic N) is 5. The molecule has 0 saturated carbocycles. The summed E-state index contributed by atoms with van der Waals surface area (Å²) in [6.07, 6.45) is 5.56. The largest absolute Gasteiger partial charge is 0.496 e. The number of rotatable bonds is 6. The summed E-state index contributed by atoms with van der Waals surface area (Å²) in [6.45, 7) is 2.68. The van der Waals surface area contributed by atoms with E-state index in [0.717, 1.165) is 17.0 Å². The highest BCUT2D eigenvalue weighted by Crippen LogP contribution is 2.35. The third kappa shape index (κ3) is 7.75. The lowest BCUT2D eigenvalue weighted by Crippen LogP contribution is -2.36. The molecule has 50 heavy (non-hydrogen) atoms. The quantitative estimate of drug-likeness (QED) is 0.210. The van der Waals surface area contributed by atoms with Gasteiger partial charge in [0.25, 0.3) is 11.8 Å². The van der Waals surface area contributed by atoms with Crippen molar-refractivity contribution in [3.05, 3.63) is 96.5 Å². The van der Waals surface area contributed by atoms with Gasteiger partial charge in [0, 0.05) is 74.4 Å². The number of amides is 2. The van der Waals surface area contributed by atoms with Crippen LogP contribution in [0.4, 0.5) is 0 Å². The van der Waals surface area contributed by atoms with Crippen LogP contribution < -0.4 is 18.9 Å². The molecule has 0 atom stereocenters. The molecule has 0 saturated heterocycles. The van der Waals surface area contributed by atoms with E-state index in [1.807, 2.05) is 65.4 Å². The Labute approximate surface area is 291 Å². The Bertz CT molecular complexity index is 1900. The Hall–Kier alpha value is -5.78. The number of carbonyl (C=O) groups excluding carboxylic acids is 2. The number of imidazole rings is 1. The second kappa shape index (κ2) is 16.1. The SMILES string of the molecule is COc1cc(OC)c(C(=O)N2CCCCN(C(=O)c3cc(-c4ccccc4)no3)CCn3ccnc3-c3cccc(c3)OCCC2)cc1OC. The smallest absolute Gasteiger partial charge is 0.292 e. The molecular formula is C38H41N5O7. The number of aromatic nitrogens is 3. The molecule has 0 radical (unpaired) electrons. The van der Waals surface area contributed by atoms with Crippen LogP contribution in [0.3, 0.4) is 0 Å². The molecule has 12 nitrogen and oxygen atoms in total. The van der Waals surface area contributed by atoms with Crippen LogP contribution in [0.25, 0.3) is 22.6 Å². The molecule has 3 heterocycles. The van der Waals surface area contributed by atoms with Crippen molar-refractivity contribution in [2.24, 2.45) is 0 Å². The van der Waals surface area contributed by atoms with Crippen LogP contribution in [0.1, 0.15) is 40.2 Å². The molecule has 2 bridgehead atoms. The molecule has 1 aliphatic heterocycles. The predicted octanol–water partition coefficient (Wildman–Crippen LogP) is 6.08. The van der Waals surface area contributed by atoms with Crippen molar-refractivity contribution in [3.63, 3.8) is 0 Å². The first kappa shape index (κ1) is 34.1. The molecule has 5 aromatic rings. The van der Waals surface area contributed by atoms with Crippen molar-refractivity contribution in [3.8, 4) is 45.6 Å². The standard InChI is InChI=1S/C38H41N5O7/c1-46-32-26-34(48-3)33(47-2)24-30(32)37(44)42-16-7-8-17-43(38(45)35-25-31(40-50-35)27-11-5-4-6-12-27)21-20-41-19-15-39-36(41)28-13-9-14-29(23-28)49-22-10-18-42/h4-6,9,11-15,19,23-26H,7-8,10,16-18,20-22H2,1-3H3. The van der Waals surface area contributed by atoms with Gasteiger partial charge in [-0.15, -0.1) is 0 Å². The summed E-state index contributed by atoms with van der Waals surface area (Å²) >= 11 is 0. The number of ether oxygens (including phenoxy) is 4. The molecule has 260 valence electrons. The van der Waals surface area contributed by atoms with Crippen LogP contribution in [0, 0.1) is 0 Å². The number of methoxy groups -OCH3 is 3. The summed E-state index contributed by atoms with van der Waals surface area (Å²) in [5.74, 6) is 2.49. The Morgan fingerprint density at radius 2 is 1.40 bits per heavy atom. The van der Waals surface area contributed by atoms with E-state index in [-0.39, 0.29) is 17.6 Å². The Morgan fingerprint density at radius 1 is 0.700 bits per heavy atom. The van der Waals surface area contributed by atoms with E-state index in [2.05, 4.69) is 10.1 Å². The van der Waals surface area contributed by atoms with E-state index in [1.54, 1.807) is 34.2 Å². The monoisotopic (exact) mass is 679 g/mol. The fourth-order valence-corrected chi connectivity index (χ4v) is 6.03. The second-order valence-electron chi connectivity index (χ2n) is 11.8. The highest BCUT2D eigenvalue weighted by molar-refractivity contribution is 5.98. The first-order chi connectivity index (χ1) is 24.5. The highest BCUT2D eigenvalue weighted by Gasteiger charge is 2.25. The van der Waals surface area contributed by atoms with Crippen molar-refractivity contribution < 1.29 is 33.1 Å². The van der Waals surface area contributed by atoms with Gasteiger partial charge in [-0.05, 0) is 31.4 Å². The summed E-state index contributed by atoms with van der Waals surface area (Å²) < 4.78 is 30.2. The van der Waals surface area contributed by atoms with Crippen LogP contribution in [0.5, 0.6) is 23.0 Å². The summed E-state index contributed by atoms with van der Waals surface area (Å²) in [7, 11) is 4.58. The van der Waals surface area contributed by atoms with E-state index in [4.69, 9.17) is 23.5 Å². The van der Waals surface area contributed by atoms with E-state index < -0.39 is 0 Å². The Morgan fingerprint density at radius 3 is 2.16 bits per heavy atom. The Kier molecular flexibility index (Phi) is 11.0. The van der Waals surface area contributed by atoms with E-state index in [0.29, 0.717) is 92.8 Å². The molecule has 0 spiro atoms. The maximum atomic E-state index is 14.1. The number of benzene rings is 3. The van der Waals surface area contributed by atoms with Gasteiger partial charge in [-0.25, -0.2) is 4.98 Å². The average Bonchev–Trinajstić information content (AvgIpc) is 3.85. The molecule has 2 aromatic heterocycles. The zero-order chi connectivity index (χ0) is 34.9. The minimum atomic E-state index is -0.252. The minimum absolute atomic E-state index is 0.169. The van der Waals surface area contributed by atoms with Crippen molar-refractivity contribution in [2.45, 2.75) is 25.8 Å². The van der Waals surface area contributed by atoms with Gasteiger partial charge < -0.3 is 37.8 Å². The highest BCUT2D eigenvalue weighted by atomic mass is 16.5. The van der Waals surface area contributed by atoms with Crippen LogP contribution >= 0.6 is 0 Å². The fraction of sp³-hybridized carbons (Fsp3) is 0.316. The van der Waals surface area contributed by atoms with Gasteiger partial charge in [-0.3, -0.25) is 9.59 Å². The topological polar surface area (TPSA) is 121 Å². The summed E-state index contributed by atoms with van der Waals surface area (Å²) in [6, 6.07) is 22.4. The lowest BCUT2D eigenvalue weighted by Gasteiger charge is -2.26. The van der Waals surface area contributed by atoms with Gasteiger partial charge in [-0.2, -0.15) is 0 Å². The predicted molar refractivity (Wildman–Crippen MR) is 187 cm³/mol. The number of hydrogen-bond acceptors (Lipinski definition) is 9. The van der Waals surface area contributed by atoms with Crippen LogP contribution in [-0.4, -0.2) is 90.4 Å². The molecule has 0 N–H and O–H groups in total. The molecule has 12 heteroatoms. The van der Waals surface area contributed by atoms with Gasteiger partial charge in [0.05, 0.1) is 33.5 Å². The third-order valence-electron chi connectivity index (χ3n) is 8.67. The van der Waals surface area contributed by atoms with Crippen molar-refractivity contribution in [1.29, 1.82) is 0 Å². The first-order valence-corrected chi connectivity index (χ1v) is 16.6. The van der Waals surface area contributed by atoms with Crippen molar-refractivity contribution in [1.82, 2.24) is 24.5 Å². The molecule has 0 unspecified atom stereocenters. The average molecular weight is 680 g/mol. The maximum Gasteiger partial charge on any atom is 0.292 e. The van der Waals surface area contributed by atoms with E-state index in [1.165, 1.54) is 21.3 Å². The zero-order valence-electron chi connectivity index (χ0n) is 28.5. The summed E-state index contributed by atoms with van der Waals surface area (Å²) in [4.78, 5) is 36.2. The zero-order valence-corrected chi connectivity index (χ0v) is 28.5. The molecule has 2 amide bonds. The van der Waals surface area contributed by atoms with Crippen molar-refractivity contribution in [2.75, 3.05) is 54.1 Å².